The first-order chi connectivity index (χ1) is 12.2. The van der Waals surface area contributed by atoms with Gasteiger partial charge in [0, 0.05) is 18.1 Å². The third-order valence-electron chi connectivity index (χ3n) is 3.72. The Labute approximate surface area is 150 Å². The van der Waals surface area contributed by atoms with E-state index in [0.29, 0.717) is 17.9 Å². The Bertz CT molecular complexity index is 838. The van der Waals surface area contributed by atoms with E-state index in [1.165, 1.54) is 18.1 Å². The van der Waals surface area contributed by atoms with Crippen molar-refractivity contribution in [3.8, 4) is 5.75 Å². The van der Waals surface area contributed by atoms with Gasteiger partial charge in [-0.15, -0.1) is 0 Å². The number of benzene rings is 3. The molecule has 0 aliphatic heterocycles. The molecule has 0 N–H and O–H groups in total. The van der Waals surface area contributed by atoms with Crippen LogP contribution in [0.25, 0.3) is 0 Å². The third-order valence-corrected chi connectivity index (χ3v) is 4.46. The van der Waals surface area contributed by atoms with Gasteiger partial charge in [-0.25, -0.2) is 0 Å². The molecule has 3 aromatic rings. The summed E-state index contributed by atoms with van der Waals surface area (Å²) in [4.78, 5) is 11.0. The Hall–Kier alpha value is -2.79. The maximum absolute atomic E-state index is 11.4. The van der Waals surface area contributed by atoms with E-state index in [1.54, 1.807) is 6.07 Å². The fraction of sp³-hybridized carbons (Fsp3) is 0.100. The molecule has 0 amide bonds. The summed E-state index contributed by atoms with van der Waals surface area (Å²) in [7, 11) is 0. The second kappa shape index (κ2) is 8.35. The Morgan fingerprint density at radius 1 is 0.840 bits per heavy atom. The smallest absolute Gasteiger partial charge is 0.312 e. The zero-order valence-corrected chi connectivity index (χ0v) is 14.3. The highest BCUT2D eigenvalue weighted by atomic mass is 32.2. The molecule has 0 unspecified atom stereocenters. The van der Waals surface area contributed by atoms with Crippen LogP contribution in [0, 0.1) is 10.1 Å². The van der Waals surface area contributed by atoms with E-state index in [2.05, 4.69) is 0 Å². The molecular weight excluding hydrogens is 334 g/mol. The number of hydrogen-bond acceptors (Lipinski definition) is 4. The van der Waals surface area contributed by atoms with Crippen LogP contribution in [0.2, 0.25) is 0 Å². The zero-order valence-electron chi connectivity index (χ0n) is 13.5. The van der Waals surface area contributed by atoms with Crippen LogP contribution < -0.4 is 4.18 Å². The lowest BCUT2D eigenvalue weighted by Gasteiger charge is -2.11. The van der Waals surface area contributed by atoms with E-state index in [1.807, 2.05) is 66.7 Å². The van der Waals surface area contributed by atoms with Crippen molar-refractivity contribution in [3.05, 3.63) is 106 Å². The van der Waals surface area contributed by atoms with Crippen LogP contribution in [-0.4, -0.2) is 4.92 Å². The van der Waals surface area contributed by atoms with Gasteiger partial charge in [-0.05, 0) is 11.1 Å². The van der Waals surface area contributed by atoms with Gasteiger partial charge in [0.15, 0.2) is 0 Å². The summed E-state index contributed by atoms with van der Waals surface area (Å²) in [5, 5.41) is 11.4. The quantitative estimate of drug-likeness (QED) is 0.324. The van der Waals surface area contributed by atoms with Crippen molar-refractivity contribution in [3.63, 3.8) is 0 Å². The number of hydrogen-bond donors (Lipinski definition) is 0. The van der Waals surface area contributed by atoms with Gasteiger partial charge in [0.05, 0.1) is 22.7 Å². The van der Waals surface area contributed by atoms with E-state index in [4.69, 9.17) is 4.18 Å². The molecule has 0 saturated carbocycles. The predicted octanol–water partition coefficient (Wildman–Crippen LogP) is 5.41. The normalized spacial score (nSPS) is 10.4. The molecule has 0 aliphatic carbocycles. The maximum atomic E-state index is 11.4. The molecule has 0 fully saturated rings. The van der Waals surface area contributed by atoms with Gasteiger partial charge in [-0.3, -0.25) is 10.1 Å². The van der Waals surface area contributed by atoms with Crippen LogP contribution in [-0.2, 0) is 12.2 Å². The van der Waals surface area contributed by atoms with Gasteiger partial charge in [0.2, 0.25) is 5.75 Å². The standard InChI is InChI=1S/C20H17NO3S/c22-21(23)19-13-7-12-18(14-16-8-3-1-4-9-16)20(19)24-25-15-17-10-5-2-6-11-17/h1-13H,14-15H2. The third kappa shape index (κ3) is 4.61. The molecule has 0 spiro atoms. The molecule has 3 aromatic carbocycles. The van der Waals surface area contributed by atoms with E-state index in [0.717, 1.165) is 16.7 Å². The van der Waals surface area contributed by atoms with Crippen molar-refractivity contribution in [2.24, 2.45) is 0 Å². The Balaban J connectivity index is 1.80. The lowest BCUT2D eigenvalue weighted by molar-refractivity contribution is -0.385. The Morgan fingerprint density at radius 3 is 2.12 bits per heavy atom. The van der Waals surface area contributed by atoms with Crippen molar-refractivity contribution in [1.29, 1.82) is 0 Å². The average molecular weight is 351 g/mol. The van der Waals surface area contributed by atoms with Crippen molar-refractivity contribution in [1.82, 2.24) is 0 Å². The van der Waals surface area contributed by atoms with Gasteiger partial charge in [-0.2, -0.15) is 0 Å². The van der Waals surface area contributed by atoms with Crippen LogP contribution in [0.15, 0.2) is 78.9 Å². The fourth-order valence-corrected chi connectivity index (χ4v) is 3.19. The van der Waals surface area contributed by atoms with E-state index < -0.39 is 4.92 Å². The minimum Gasteiger partial charge on any atom is -0.418 e. The molecule has 126 valence electrons. The van der Waals surface area contributed by atoms with Crippen LogP contribution in [0.5, 0.6) is 5.75 Å². The van der Waals surface area contributed by atoms with Gasteiger partial charge in [-0.1, -0.05) is 72.8 Å². The van der Waals surface area contributed by atoms with Crippen LogP contribution in [0.1, 0.15) is 16.7 Å². The fourth-order valence-electron chi connectivity index (χ4n) is 2.50. The summed E-state index contributed by atoms with van der Waals surface area (Å²) < 4.78 is 5.78. The predicted molar refractivity (Wildman–Crippen MR) is 101 cm³/mol. The molecule has 0 atom stereocenters. The SMILES string of the molecule is O=[N+]([O-])c1cccc(Cc2ccccc2)c1OSCc1ccccc1. The molecule has 4 nitrogen and oxygen atoms in total. The van der Waals surface area contributed by atoms with Crippen molar-refractivity contribution in [2.75, 3.05) is 0 Å². The lowest BCUT2D eigenvalue weighted by Crippen LogP contribution is -1.98. The van der Waals surface area contributed by atoms with Crippen molar-refractivity contribution < 1.29 is 9.11 Å². The van der Waals surface area contributed by atoms with E-state index >= 15 is 0 Å². The average Bonchev–Trinajstić information content (AvgIpc) is 2.64. The van der Waals surface area contributed by atoms with Crippen molar-refractivity contribution in [2.45, 2.75) is 12.2 Å². The minimum atomic E-state index is -0.396. The molecule has 0 aliphatic rings. The number of nitro groups is 1. The van der Waals surface area contributed by atoms with E-state index in [9.17, 15) is 10.1 Å². The highest BCUT2D eigenvalue weighted by molar-refractivity contribution is 7.94. The summed E-state index contributed by atoms with van der Waals surface area (Å²) >= 11 is 1.21. The zero-order chi connectivity index (χ0) is 17.5. The molecule has 0 aromatic heterocycles. The van der Waals surface area contributed by atoms with Crippen LogP contribution in [0.4, 0.5) is 5.69 Å². The molecule has 0 saturated heterocycles. The number of nitro benzene ring substituents is 1. The number of rotatable bonds is 7. The minimum absolute atomic E-state index is 0.00556. The summed E-state index contributed by atoms with van der Waals surface area (Å²) in [6.07, 6.45) is 0.587. The topological polar surface area (TPSA) is 52.4 Å². The van der Waals surface area contributed by atoms with Gasteiger partial charge in [0.1, 0.15) is 0 Å². The number of para-hydroxylation sites is 1. The molecular formula is C20H17NO3S. The second-order valence-corrected chi connectivity index (χ2v) is 6.21. The van der Waals surface area contributed by atoms with E-state index in [-0.39, 0.29) is 5.69 Å². The molecule has 0 radical (unpaired) electrons. The Kier molecular flexibility index (Phi) is 5.69. The lowest BCUT2D eigenvalue weighted by atomic mass is 10.0. The molecule has 5 heteroatoms. The van der Waals surface area contributed by atoms with Crippen LogP contribution >= 0.6 is 12.0 Å². The summed E-state index contributed by atoms with van der Waals surface area (Å²) in [5.74, 6) is 0.954. The molecule has 3 rings (SSSR count). The van der Waals surface area contributed by atoms with Gasteiger partial charge >= 0.3 is 5.69 Å². The van der Waals surface area contributed by atoms with Crippen LogP contribution in [0.3, 0.4) is 0 Å². The monoisotopic (exact) mass is 351 g/mol. The summed E-state index contributed by atoms with van der Waals surface area (Å²) in [6, 6.07) is 24.8. The summed E-state index contributed by atoms with van der Waals surface area (Å²) in [6.45, 7) is 0. The first kappa shape index (κ1) is 17.0. The second-order valence-electron chi connectivity index (χ2n) is 5.52. The number of nitrogens with zero attached hydrogens (tertiary/aromatic N) is 1. The Morgan fingerprint density at radius 2 is 1.48 bits per heavy atom. The summed E-state index contributed by atoms with van der Waals surface area (Å²) in [5.41, 5.74) is 2.99. The maximum Gasteiger partial charge on any atom is 0.312 e. The van der Waals surface area contributed by atoms with Crippen molar-refractivity contribution >= 4 is 17.7 Å². The first-order valence-electron chi connectivity index (χ1n) is 7.87. The molecule has 0 bridgehead atoms. The highest BCUT2D eigenvalue weighted by Crippen LogP contribution is 2.35. The first-order valence-corrected chi connectivity index (χ1v) is 8.78. The molecule has 0 heterocycles. The highest BCUT2D eigenvalue weighted by Gasteiger charge is 2.20. The van der Waals surface area contributed by atoms with Gasteiger partial charge in [0.25, 0.3) is 0 Å². The van der Waals surface area contributed by atoms with Gasteiger partial charge < -0.3 is 4.18 Å². The largest absolute Gasteiger partial charge is 0.418 e. The molecule has 25 heavy (non-hydrogen) atoms.